The fraction of sp³-hybridized carbons (Fsp3) is 0.182. The Hall–Kier alpha value is -1.85. The summed E-state index contributed by atoms with van der Waals surface area (Å²) in [7, 11) is 0. The van der Waals surface area contributed by atoms with Crippen LogP contribution in [0.5, 0.6) is 0 Å². The topological polar surface area (TPSA) is 79.0 Å². The van der Waals surface area contributed by atoms with Crippen LogP contribution >= 0.6 is 0 Å². The van der Waals surface area contributed by atoms with Crippen molar-refractivity contribution in [3.63, 3.8) is 0 Å². The third-order valence-corrected chi connectivity index (χ3v) is 2.38. The van der Waals surface area contributed by atoms with E-state index in [1.54, 1.807) is 0 Å². The summed E-state index contributed by atoms with van der Waals surface area (Å²) in [5.41, 5.74) is -0.711. The zero-order valence-corrected chi connectivity index (χ0v) is 10.5. The Morgan fingerprint density at radius 2 is 1.76 bits per heavy atom. The van der Waals surface area contributed by atoms with E-state index in [1.807, 2.05) is 0 Å². The third-order valence-electron chi connectivity index (χ3n) is 2.38. The number of halogens is 4. The summed E-state index contributed by atoms with van der Waals surface area (Å²) in [6.07, 6.45) is -2.95. The molecule has 2 aromatic rings. The van der Waals surface area contributed by atoms with Crippen LogP contribution in [0.25, 0.3) is 11.5 Å². The summed E-state index contributed by atoms with van der Waals surface area (Å²) < 4.78 is 55.3. The van der Waals surface area contributed by atoms with E-state index >= 15 is 0 Å². The van der Waals surface area contributed by atoms with Gasteiger partial charge in [0.15, 0.2) is 0 Å². The zero-order valence-electron chi connectivity index (χ0n) is 10.5. The molecule has 0 fully saturated rings. The van der Waals surface area contributed by atoms with Crippen LogP contribution in [-0.2, 0) is 10.7 Å². The van der Waals surface area contributed by atoms with E-state index in [0.29, 0.717) is 0 Å². The van der Waals surface area contributed by atoms with Crippen LogP contribution < -0.4 is 24.0 Å². The SMILES string of the molecule is O=C([O-])C(F)(F)c1ccc(-c2nnc(C(F)F)o2)cc1.[Li+]. The van der Waals surface area contributed by atoms with Crippen LogP contribution in [-0.4, -0.2) is 16.2 Å². The molecule has 0 unspecified atom stereocenters. The van der Waals surface area contributed by atoms with Gasteiger partial charge in [0.25, 0.3) is 5.89 Å². The number of hydrogen-bond donors (Lipinski definition) is 0. The van der Waals surface area contributed by atoms with Gasteiger partial charge in [0.05, 0.1) is 0 Å². The number of alkyl halides is 4. The summed E-state index contributed by atoms with van der Waals surface area (Å²) in [5, 5.41) is 16.7. The number of carbonyl (C=O) groups excluding carboxylic acids is 1. The molecule has 1 heterocycles. The van der Waals surface area contributed by atoms with Gasteiger partial charge in [-0.25, -0.2) is 0 Å². The Bertz CT molecular complexity index is 631. The van der Waals surface area contributed by atoms with E-state index in [-0.39, 0.29) is 30.3 Å². The summed E-state index contributed by atoms with van der Waals surface area (Å²) in [6.45, 7) is 0. The van der Waals surface area contributed by atoms with Gasteiger partial charge in [-0.1, -0.05) is 12.1 Å². The maximum Gasteiger partial charge on any atom is 1.00 e. The molecule has 0 saturated heterocycles. The fourth-order valence-corrected chi connectivity index (χ4v) is 1.38. The van der Waals surface area contributed by atoms with Gasteiger partial charge < -0.3 is 14.3 Å². The Balaban J connectivity index is 0.00000220. The van der Waals surface area contributed by atoms with E-state index in [1.165, 1.54) is 0 Å². The molecule has 0 aliphatic carbocycles. The molecule has 0 aliphatic rings. The molecule has 21 heavy (non-hydrogen) atoms. The van der Waals surface area contributed by atoms with Crippen molar-refractivity contribution < 1.29 is 50.7 Å². The normalized spacial score (nSPS) is 11.3. The molecule has 0 saturated carbocycles. The minimum Gasteiger partial charge on any atom is -0.544 e. The average Bonchev–Trinajstić information content (AvgIpc) is 2.88. The van der Waals surface area contributed by atoms with Crippen molar-refractivity contribution in [3.8, 4) is 11.5 Å². The van der Waals surface area contributed by atoms with Crippen molar-refractivity contribution in [2.24, 2.45) is 0 Å². The van der Waals surface area contributed by atoms with Crippen LogP contribution in [0.3, 0.4) is 0 Å². The standard InChI is InChI=1S/C11H6F4N2O3.Li/c12-7(13)9-17-16-8(20-9)5-1-3-6(4-2-5)11(14,15)10(18)19;/h1-4,7H,(H,18,19);/q;+1/p-1. The molecule has 0 amide bonds. The molecule has 1 aromatic heterocycles. The fourth-order valence-electron chi connectivity index (χ4n) is 1.38. The number of rotatable bonds is 4. The molecule has 106 valence electrons. The van der Waals surface area contributed by atoms with Crippen molar-refractivity contribution >= 4 is 5.97 Å². The molecule has 0 aliphatic heterocycles. The van der Waals surface area contributed by atoms with E-state index in [9.17, 15) is 27.5 Å². The minimum atomic E-state index is -4.15. The number of carbonyl (C=O) groups is 1. The first kappa shape index (κ1) is 17.2. The number of carboxylic acids is 1. The second kappa shape index (κ2) is 6.28. The molecule has 0 radical (unpaired) electrons. The molecule has 10 heteroatoms. The van der Waals surface area contributed by atoms with E-state index in [4.69, 9.17) is 0 Å². The van der Waals surface area contributed by atoms with Crippen molar-refractivity contribution in [2.45, 2.75) is 12.3 Å². The molecular formula is C11H5F4LiN2O3. The van der Waals surface area contributed by atoms with Gasteiger partial charge >= 0.3 is 31.2 Å². The molecule has 0 spiro atoms. The average molecular weight is 296 g/mol. The number of aliphatic carboxylic acids is 1. The molecular weight excluding hydrogens is 291 g/mol. The monoisotopic (exact) mass is 296 g/mol. The Morgan fingerprint density at radius 3 is 2.19 bits per heavy atom. The molecule has 5 nitrogen and oxygen atoms in total. The van der Waals surface area contributed by atoms with Crippen molar-refractivity contribution in [2.75, 3.05) is 0 Å². The zero-order chi connectivity index (χ0) is 14.9. The van der Waals surface area contributed by atoms with Gasteiger partial charge in [0.1, 0.15) is 5.97 Å². The summed E-state index contributed by atoms with van der Waals surface area (Å²) in [4.78, 5) is 10.3. The van der Waals surface area contributed by atoms with Crippen LogP contribution in [0.1, 0.15) is 17.9 Å². The van der Waals surface area contributed by atoms with E-state index in [0.717, 1.165) is 24.3 Å². The van der Waals surface area contributed by atoms with Crippen LogP contribution in [0.2, 0.25) is 0 Å². The summed E-state index contributed by atoms with van der Waals surface area (Å²) in [6, 6.07) is 3.71. The largest absolute Gasteiger partial charge is 1.00 e. The molecule has 0 atom stereocenters. The van der Waals surface area contributed by atoms with Gasteiger partial charge in [0.2, 0.25) is 5.89 Å². The summed E-state index contributed by atoms with van der Waals surface area (Å²) in [5.74, 6) is -7.88. The van der Waals surface area contributed by atoms with E-state index < -0.39 is 29.8 Å². The van der Waals surface area contributed by atoms with Crippen LogP contribution in [0.15, 0.2) is 28.7 Å². The summed E-state index contributed by atoms with van der Waals surface area (Å²) >= 11 is 0. The van der Waals surface area contributed by atoms with E-state index in [2.05, 4.69) is 14.6 Å². The Morgan fingerprint density at radius 1 is 1.19 bits per heavy atom. The van der Waals surface area contributed by atoms with Crippen LogP contribution in [0.4, 0.5) is 17.6 Å². The van der Waals surface area contributed by atoms with Gasteiger partial charge in [-0.15, -0.1) is 10.2 Å². The molecule has 0 bridgehead atoms. The number of benzene rings is 1. The predicted molar refractivity (Wildman–Crippen MR) is 53.6 cm³/mol. The Labute approximate surface area is 127 Å². The van der Waals surface area contributed by atoms with Crippen molar-refractivity contribution in [1.82, 2.24) is 10.2 Å². The van der Waals surface area contributed by atoms with Crippen molar-refractivity contribution in [3.05, 3.63) is 35.7 Å². The quantitative estimate of drug-likeness (QED) is 0.508. The molecule has 0 N–H and O–H groups in total. The smallest absolute Gasteiger partial charge is 0.544 e. The van der Waals surface area contributed by atoms with Gasteiger partial charge in [0, 0.05) is 11.1 Å². The van der Waals surface area contributed by atoms with Gasteiger partial charge in [-0.2, -0.15) is 17.6 Å². The second-order valence-electron chi connectivity index (χ2n) is 3.69. The van der Waals surface area contributed by atoms with Crippen LogP contribution in [0, 0.1) is 0 Å². The first-order valence-electron chi connectivity index (χ1n) is 5.14. The molecule has 1 aromatic carbocycles. The first-order valence-corrected chi connectivity index (χ1v) is 5.14. The Kier molecular flexibility index (Phi) is 5.14. The number of hydrogen-bond acceptors (Lipinski definition) is 5. The maximum absolute atomic E-state index is 13.1. The number of carboxylic acid groups (broad SMARTS) is 1. The maximum atomic E-state index is 13.1. The third kappa shape index (κ3) is 3.43. The first-order chi connectivity index (χ1) is 9.32. The minimum absolute atomic E-state index is 0. The predicted octanol–water partition coefficient (Wildman–Crippen LogP) is -1.48. The molecule has 2 rings (SSSR count). The van der Waals surface area contributed by atoms with Crippen molar-refractivity contribution in [1.29, 1.82) is 0 Å². The second-order valence-corrected chi connectivity index (χ2v) is 3.69. The van der Waals surface area contributed by atoms with Gasteiger partial charge in [-0.05, 0) is 12.1 Å². The number of nitrogens with zero attached hydrogens (tertiary/aromatic N) is 2. The number of aromatic nitrogens is 2. The van der Waals surface area contributed by atoms with Gasteiger partial charge in [-0.3, -0.25) is 0 Å².